The van der Waals surface area contributed by atoms with Gasteiger partial charge in [0, 0.05) is 17.4 Å². The SMILES string of the molecule is O=C(OCC12CC3CC(C1)CC(COC(=O)C(F)(F)S(=O)(=O)O)(C3)C2)C1CCC(CO)CC1. The Labute approximate surface area is 192 Å². The highest BCUT2D eigenvalue weighted by atomic mass is 32.2. The Kier molecular flexibility index (Phi) is 6.54. The summed E-state index contributed by atoms with van der Waals surface area (Å²) in [6.45, 7) is 0.0386. The van der Waals surface area contributed by atoms with Crippen molar-refractivity contribution < 1.29 is 45.9 Å². The Morgan fingerprint density at radius 1 is 0.939 bits per heavy atom. The molecular formula is C22H32F2O8S. The van der Waals surface area contributed by atoms with Gasteiger partial charge in [-0.15, -0.1) is 0 Å². The van der Waals surface area contributed by atoms with Crippen LogP contribution in [0.25, 0.3) is 0 Å². The van der Waals surface area contributed by atoms with Gasteiger partial charge >= 0.3 is 27.3 Å². The smallest absolute Gasteiger partial charge is 0.465 e. The number of aliphatic hydroxyl groups is 1. The molecule has 8 nitrogen and oxygen atoms in total. The zero-order chi connectivity index (χ0) is 24.1. The highest BCUT2D eigenvalue weighted by Gasteiger charge is 2.60. The van der Waals surface area contributed by atoms with Crippen LogP contribution in [0.2, 0.25) is 0 Å². The molecule has 0 aromatic rings. The first-order valence-electron chi connectivity index (χ1n) is 11.7. The van der Waals surface area contributed by atoms with E-state index in [2.05, 4.69) is 0 Å². The van der Waals surface area contributed by atoms with Gasteiger partial charge in [0.2, 0.25) is 0 Å². The molecule has 0 aromatic carbocycles. The molecule has 5 aliphatic rings. The van der Waals surface area contributed by atoms with Crippen LogP contribution in [-0.4, -0.2) is 55.1 Å². The first-order chi connectivity index (χ1) is 15.4. The van der Waals surface area contributed by atoms with Crippen LogP contribution < -0.4 is 0 Å². The summed E-state index contributed by atoms with van der Waals surface area (Å²) in [5.74, 6) is -1.79. The molecule has 0 radical (unpaired) electrons. The van der Waals surface area contributed by atoms with E-state index >= 15 is 0 Å². The van der Waals surface area contributed by atoms with Crippen LogP contribution in [0.1, 0.15) is 64.2 Å². The minimum absolute atomic E-state index is 0.135. The number of carbonyl (C=O) groups is 2. The van der Waals surface area contributed by atoms with Crippen LogP contribution in [-0.2, 0) is 29.2 Å². The topological polar surface area (TPSA) is 127 Å². The molecule has 0 amide bonds. The van der Waals surface area contributed by atoms with E-state index in [1.54, 1.807) is 0 Å². The molecule has 2 atom stereocenters. The zero-order valence-corrected chi connectivity index (χ0v) is 19.3. The van der Waals surface area contributed by atoms with Crippen molar-refractivity contribution in [1.82, 2.24) is 0 Å². The largest absolute Gasteiger partial charge is 0.465 e. The van der Waals surface area contributed by atoms with Gasteiger partial charge in [0.15, 0.2) is 0 Å². The molecule has 5 rings (SSSR count). The second-order valence-electron chi connectivity index (χ2n) is 11.0. The van der Waals surface area contributed by atoms with Crippen molar-refractivity contribution in [2.45, 2.75) is 69.5 Å². The molecule has 0 heterocycles. The monoisotopic (exact) mass is 494 g/mol. The van der Waals surface area contributed by atoms with Gasteiger partial charge in [-0.1, -0.05) is 0 Å². The van der Waals surface area contributed by atoms with Crippen molar-refractivity contribution in [3.63, 3.8) is 0 Å². The third-order valence-electron chi connectivity index (χ3n) is 8.33. The average Bonchev–Trinajstić information content (AvgIpc) is 2.74. The van der Waals surface area contributed by atoms with E-state index in [-0.39, 0.29) is 43.0 Å². The summed E-state index contributed by atoms with van der Waals surface area (Å²) >= 11 is 0. The number of alkyl halides is 2. The number of rotatable bonds is 8. The maximum atomic E-state index is 13.6. The average molecular weight is 495 g/mol. The molecule has 0 spiro atoms. The number of hydrogen-bond donors (Lipinski definition) is 2. The fourth-order valence-corrected chi connectivity index (χ4v) is 7.59. The maximum absolute atomic E-state index is 13.6. The summed E-state index contributed by atoms with van der Waals surface area (Å²) < 4.78 is 68.0. The van der Waals surface area contributed by atoms with Crippen molar-refractivity contribution in [2.75, 3.05) is 19.8 Å². The third kappa shape index (κ3) is 4.91. The van der Waals surface area contributed by atoms with E-state index in [1.807, 2.05) is 0 Å². The Bertz CT molecular complexity index is 867. The molecule has 2 N–H and O–H groups in total. The molecule has 0 aliphatic heterocycles. The van der Waals surface area contributed by atoms with Crippen LogP contribution in [0.5, 0.6) is 0 Å². The molecular weight excluding hydrogens is 462 g/mol. The van der Waals surface area contributed by atoms with Crippen LogP contribution in [0.4, 0.5) is 8.78 Å². The standard InChI is InChI=1S/C22H32F2O8S/c23-22(24,33(28,29)30)19(27)32-13-21-8-15-5-16(9-21)7-20(6-15,11-21)12-31-18(26)17-3-1-14(10-25)2-4-17/h14-17,25H,1-13H2,(H,28,29,30). The molecule has 188 valence electrons. The van der Waals surface area contributed by atoms with Gasteiger partial charge in [0.25, 0.3) is 0 Å². The molecule has 5 saturated carbocycles. The molecule has 11 heteroatoms. The molecule has 5 fully saturated rings. The van der Waals surface area contributed by atoms with E-state index in [0.717, 1.165) is 32.1 Å². The van der Waals surface area contributed by atoms with Crippen LogP contribution in [0.15, 0.2) is 0 Å². The number of aliphatic hydroxyl groups excluding tert-OH is 1. The minimum Gasteiger partial charge on any atom is -0.465 e. The van der Waals surface area contributed by atoms with E-state index in [9.17, 15) is 31.9 Å². The lowest BCUT2D eigenvalue weighted by Crippen LogP contribution is -2.56. The summed E-state index contributed by atoms with van der Waals surface area (Å²) in [5, 5.41) is 4.27. The van der Waals surface area contributed by atoms with Gasteiger partial charge in [0.1, 0.15) is 0 Å². The molecule has 0 saturated heterocycles. The Balaban J connectivity index is 1.38. The first kappa shape index (κ1) is 24.8. The van der Waals surface area contributed by atoms with Crippen molar-refractivity contribution >= 4 is 22.1 Å². The Hall–Kier alpha value is -1.33. The lowest BCUT2D eigenvalue weighted by Gasteiger charge is -2.61. The van der Waals surface area contributed by atoms with Gasteiger partial charge < -0.3 is 14.6 Å². The highest BCUT2D eigenvalue weighted by Crippen LogP contribution is 2.65. The predicted octanol–water partition coefficient (Wildman–Crippen LogP) is 2.94. The minimum atomic E-state index is -5.91. The quantitative estimate of drug-likeness (QED) is 0.390. The van der Waals surface area contributed by atoms with Crippen LogP contribution in [0.3, 0.4) is 0 Å². The number of halogens is 2. The second kappa shape index (κ2) is 8.71. The normalized spacial score (nSPS) is 38.2. The lowest BCUT2D eigenvalue weighted by molar-refractivity contribution is -0.187. The summed E-state index contributed by atoms with van der Waals surface area (Å²) in [6.07, 6.45) is 7.66. The number of ether oxygens (including phenoxy) is 2. The Morgan fingerprint density at radius 3 is 1.94 bits per heavy atom. The summed E-state index contributed by atoms with van der Waals surface area (Å²) in [7, 11) is -5.91. The summed E-state index contributed by atoms with van der Waals surface area (Å²) in [5.41, 5.74) is -0.847. The molecule has 2 unspecified atom stereocenters. The van der Waals surface area contributed by atoms with Crippen molar-refractivity contribution in [3.05, 3.63) is 0 Å². The molecule has 4 bridgehead atoms. The van der Waals surface area contributed by atoms with Crippen LogP contribution >= 0.6 is 0 Å². The van der Waals surface area contributed by atoms with Crippen molar-refractivity contribution in [2.24, 2.45) is 34.5 Å². The van der Waals surface area contributed by atoms with E-state index in [1.165, 1.54) is 0 Å². The number of hydrogen-bond acceptors (Lipinski definition) is 7. The van der Waals surface area contributed by atoms with Crippen molar-refractivity contribution in [3.8, 4) is 0 Å². The first-order valence-corrected chi connectivity index (χ1v) is 13.1. The Morgan fingerprint density at radius 2 is 1.45 bits per heavy atom. The van der Waals surface area contributed by atoms with E-state index < -0.39 is 26.8 Å². The number of esters is 2. The van der Waals surface area contributed by atoms with Gasteiger partial charge in [-0.05, 0) is 82.0 Å². The molecule has 0 aromatic heterocycles. The maximum Gasteiger partial charge on any atom is 0.465 e. The predicted molar refractivity (Wildman–Crippen MR) is 110 cm³/mol. The fourth-order valence-electron chi connectivity index (χ4n) is 7.32. The van der Waals surface area contributed by atoms with Gasteiger partial charge in [-0.25, -0.2) is 4.79 Å². The van der Waals surface area contributed by atoms with Gasteiger partial charge in [-0.2, -0.15) is 17.2 Å². The van der Waals surface area contributed by atoms with Gasteiger partial charge in [0.05, 0.1) is 19.1 Å². The van der Waals surface area contributed by atoms with E-state index in [4.69, 9.17) is 14.0 Å². The van der Waals surface area contributed by atoms with Crippen LogP contribution in [0, 0.1) is 34.5 Å². The van der Waals surface area contributed by atoms with Gasteiger partial charge in [-0.3, -0.25) is 9.35 Å². The lowest BCUT2D eigenvalue weighted by atomic mass is 9.44. The zero-order valence-electron chi connectivity index (χ0n) is 18.5. The summed E-state index contributed by atoms with van der Waals surface area (Å²) in [6, 6.07) is 0. The molecule has 33 heavy (non-hydrogen) atoms. The third-order valence-corrected chi connectivity index (χ3v) is 9.15. The fraction of sp³-hybridized carbons (Fsp3) is 0.909. The molecule has 5 aliphatic carbocycles. The highest BCUT2D eigenvalue weighted by molar-refractivity contribution is 7.87. The van der Waals surface area contributed by atoms with E-state index in [0.29, 0.717) is 43.9 Å². The van der Waals surface area contributed by atoms with Crippen molar-refractivity contribution in [1.29, 1.82) is 0 Å². The second-order valence-corrected chi connectivity index (χ2v) is 12.5. The summed E-state index contributed by atoms with van der Waals surface area (Å²) in [4.78, 5) is 24.4. The number of carbonyl (C=O) groups excluding carboxylic acids is 2.